The van der Waals surface area contributed by atoms with Gasteiger partial charge in [-0.3, -0.25) is 4.79 Å². The molecule has 0 aliphatic carbocycles. The first-order valence-corrected chi connectivity index (χ1v) is 7.62. The van der Waals surface area contributed by atoms with Gasteiger partial charge in [0, 0.05) is 26.2 Å². The molecule has 122 valence electrons. The minimum Gasteiger partial charge on any atom is -0.370 e. The van der Waals surface area contributed by atoms with Crippen molar-refractivity contribution in [3.05, 3.63) is 71.3 Å². The second kappa shape index (κ2) is 8.46. The number of benzene rings is 2. The summed E-state index contributed by atoms with van der Waals surface area (Å²) in [6.45, 7) is 0. The Morgan fingerprint density at radius 3 is 2.09 bits per heavy atom. The lowest BCUT2D eigenvalue weighted by Crippen LogP contribution is -2.19. The first kappa shape index (κ1) is 17.2. The van der Waals surface area contributed by atoms with E-state index >= 15 is 0 Å². The molecular weight excluding hydrogens is 290 g/mol. The standard InChI is InChI=1S/C19H23NO3/c1-22-19(23-2)17-11-7-6-10-16(17)15(13-18(20)21)12-14-8-4-3-5-9-14/h3-11,15,19H,12-13H2,1-2H3,(H2,20,21). The van der Waals surface area contributed by atoms with Gasteiger partial charge in [-0.15, -0.1) is 0 Å². The highest BCUT2D eigenvalue weighted by molar-refractivity contribution is 5.75. The minimum absolute atomic E-state index is 0.0149. The number of hydrogen-bond acceptors (Lipinski definition) is 3. The lowest BCUT2D eigenvalue weighted by molar-refractivity contribution is -0.118. The maximum Gasteiger partial charge on any atom is 0.218 e. The van der Waals surface area contributed by atoms with Crippen molar-refractivity contribution in [1.82, 2.24) is 0 Å². The van der Waals surface area contributed by atoms with Crippen LogP contribution in [-0.4, -0.2) is 20.1 Å². The number of methoxy groups -OCH3 is 2. The highest BCUT2D eigenvalue weighted by atomic mass is 16.7. The molecule has 1 amide bonds. The van der Waals surface area contributed by atoms with Crippen molar-refractivity contribution < 1.29 is 14.3 Å². The predicted octanol–water partition coefficient (Wildman–Crippen LogP) is 3.18. The summed E-state index contributed by atoms with van der Waals surface area (Å²) in [6, 6.07) is 18.0. The Balaban J connectivity index is 2.37. The van der Waals surface area contributed by atoms with Gasteiger partial charge in [-0.25, -0.2) is 0 Å². The summed E-state index contributed by atoms with van der Waals surface area (Å²) >= 11 is 0. The van der Waals surface area contributed by atoms with E-state index in [0.29, 0.717) is 0 Å². The summed E-state index contributed by atoms with van der Waals surface area (Å²) in [5.41, 5.74) is 8.60. The van der Waals surface area contributed by atoms with Crippen molar-refractivity contribution in [2.75, 3.05) is 14.2 Å². The number of primary amides is 1. The van der Waals surface area contributed by atoms with Gasteiger partial charge in [-0.1, -0.05) is 54.6 Å². The van der Waals surface area contributed by atoms with Crippen LogP contribution in [0.4, 0.5) is 0 Å². The van der Waals surface area contributed by atoms with E-state index < -0.39 is 6.29 Å². The molecule has 1 atom stereocenters. The van der Waals surface area contributed by atoms with Crippen LogP contribution in [0, 0.1) is 0 Å². The van der Waals surface area contributed by atoms with Crippen molar-refractivity contribution in [3.63, 3.8) is 0 Å². The van der Waals surface area contributed by atoms with Gasteiger partial charge in [0.05, 0.1) is 0 Å². The highest BCUT2D eigenvalue weighted by Crippen LogP contribution is 2.31. The summed E-state index contributed by atoms with van der Waals surface area (Å²) in [5, 5.41) is 0. The molecule has 1 unspecified atom stereocenters. The molecule has 0 saturated carbocycles. The number of carbonyl (C=O) groups is 1. The van der Waals surface area contributed by atoms with E-state index in [1.165, 1.54) is 5.56 Å². The summed E-state index contributed by atoms with van der Waals surface area (Å²) in [6.07, 6.45) is 0.560. The van der Waals surface area contributed by atoms with Crippen LogP contribution in [0.2, 0.25) is 0 Å². The van der Waals surface area contributed by atoms with Crippen molar-refractivity contribution in [3.8, 4) is 0 Å². The van der Waals surface area contributed by atoms with Crippen molar-refractivity contribution in [2.45, 2.75) is 25.0 Å². The number of carbonyl (C=O) groups excluding carboxylic acids is 1. The van der Waals surface area contributed by atoms with Gasteiger partial charge in [0.25, 0.3) is 0 Å². The van der Waals surface area contributed by atoms with E-state index in [4.69, 9.17) is 15.2 Å². The topological polar surface area (TPSA) is 61.6 Å². The predicted molar refractivity (Wildman–Crippen MR) is 89.9 cm³/mol. The Bertz CT molecular complexity index is 624. The van der Waals surface area contributed by atoms with Crippen LogP contribution >= 0.6 is 0 Å². The van der Waals surface area contributed by atoms with Gasteiger partial charge >= 0.3 is 0 Å². The SMILES string of the molecule is COC(OC)c1ccccc1C(CC(N)=O)Cc1ccccc1. The number of ether oxygens (including phenoxy) is 2. The fourth-order valence-corrected chi connectivity index (χ4v) is 2.88. The molecule has 0 aliphatic heterocycles. The Morgan fingerprint density at radius 1 is 0.957 bits per heavy atom. The van der Waals surface area contributed by atoms with E-state index in [2.05, 4.69) is 12.1 Å². The van der Waals surface area contributed by atoms with Crippen LogP contribution in [0.5, 0.6) is 0 Å². The number of amides is 1. The average Bonchev–Trinajstić information content (AvgIpc) is 2.56. The third kappa shape index (κ3) is 4.65. The van der Waals surface area contributed by atoms with Gasteiger partial charge in [-0.2, -0.15) is 0 Å². The molecule has 2 rings (SSSR count). The van der Waals surface area contributed by atoms with Crippen LogP contribution in [0.1, 0.15) is 35.3 Å². The summed E-state index contributed by atoms with van der Waals surface area (Å²) in [7, 11) is 3.20. The monoisotopic (exact) mass is 313 g/mol. The van der Waals surface area contributed by atoms with E-state index in [1.807, 2.05) is 42.5 Å². The zero-order valence-corrected chi connectivity index (χ0v) is 13.6. The molecule has 2 aromatic carbocycles. The summed E-state index contributed by atoms with van der Waals surface area (Å²) in [5.74, 6) is -0.328. The van der Waals surface area contributed by atoms with E-state index in [-0.39, 0.29) is 18.2 Å². The highest BCUT2D eigenvalue weighted by Gasteiger charge is 2.22. The molecular formula is C19H23NO3. The molecule has 23 heavy (non-hydrogen) atoms. The maximum absolute atomic E-state index is 11.6. The Hall–Kier alpha value is -2.17. The molecule has 0 aromatic heterocycles. The van der Waals surface area contributed by atoms with Crippen molar-refractivity contribution in [1.29, 1.82) is 0 Å². The van der Waals surface area contributed by atoms with Crippen LogP contribution in [0.3, 0.4) is 0 Å². The number of rotatable bonds is 8. The largest absolute Gasteiger partial charge is 0.370 e. The Labute approximate surface area is 137 Å². The van der Waals surface area contributed by atoms with Crippen LogP contribution in [-0.2, 0) is 20.7 Å². The Kier molecular flexibility index (Phi) is 6.32. The molecule has 0 spiro atoms. The fraction of sp³-hybridized carbons (Fsp3) is 0.316. The van der Waals surface area contributed by atoms with Gasteiger partial charge in [0.2, 0.25) is 5.91 Å². The number of nitrogens with two attached hydrogens (primary N) is 1. The molecule has 4 nitrogen and oxygen atoms in total. The van der Waals surface area contributed by atoms with E-state index in [1.54, 1.807) is 14.2 Å². The van der Waals surface area contributed by atoms with Gasteiger partial charge in [0.15, 0.2) is 6.29 Å². The minimum atomic E-state index is -0.461. The molecule has 0 aliphatic rings. The molecule has 0 fully saturated rings. The zero-order valence-electron chi connectivity index (χ0n) is 13.6. The zero-order chi connectivity index (χ0) is 16.7. The van der Waals surface area contributed by atoms with Gasteiger partial charge < -0.3 is 15.2 Å². The van der Waals surface area contributed by atoms with Crippen molar-refractivity contribution in [2.24, 2.45) is 5.73 Å². The maximum atomic E-state index is 11.6. The molecule has 0 heterocycles. The molecule has 0 radical (unpaired) electrons. The third-order valence-electron chi connectivity index (χ3n) is 3.89. The quantitative estimate of drug-likeness (QED) is 0.761. The second-order valence-electron chi connectivity index (χ2n) is 5.49. The van der Waals surface area contributed by atoms with E-state index in [0.717, 1.165) is 17.5 Å². The fourth-order valence-electron chi connectivity index (χ4n) is 2.88. The number of hydrogen-bond donors (Lipinski definition) is 1. The average molecular weight is 313 g/mol. The summed E-state index contributed by atoms with van der Waals surface area (Å²) < 4.78 is 10.8. The van der Waals surface area contributed by atoms with Crippen LogP contribution < -0.4 is 5.73 Å². The molecule has 2 aromatic rings. The van der Waals surface area contributed by atoms with Crippen LogP contribution in [0.25, 0.3) is 0 Å². The van der Waals surface area contributed by atoms with E-state index in [9.17, 15) is 4.79 Å². The Morgan fingerprint density at radius 2 is 1.52 bits per heavy atom. The first-order chi connectivity index (χ1) is 11.2. The molecule has 4 heteroatoms. The first-order valence-electron chi connectivity index (χ1n) is 7.62. The van der Waals surface area contributed by atoms with Crippen molar-refractivity contribution >= 4 is 5.91 Å². The normalized spacial score (nSPS) is 12.3. The van der Waals surface area contributed by atoms with Gasteiger partial charge in [-0.05, 0) is 23.5 Å². The molecule has 2 N–H and O–H groups in total. The lowest BCUT2D eigenvalue weighted by atomic mass is 9.86. The molecule has 0 saturated heterocycles. The summed E-state index contributed by atoms with van der Waals surface area (Å²) in [4.78, 5) is 11.6. The smallest absolute Gasteiger partial charge is 0.218 e. The molecule has 0 bridgehead atoms. The lowest BCUT2D eigenvalue weighted by Gasteiger charge is -2.23. The second-order valence-corrected chi connectivity index (χ2v) is 5.49. The third-order valence-corrected chi connectivity index (χ3v) is 3.89. The van der Waals surface area contributed by atoms with Crippen LogP contribution in [0.15, 0.2) is 54.6 Å². The van der Waals surface area contributed by atoms with Gasteiger partial charge in [0.1, 0.15) is 0 Å².